The van der Waals surface area contributed by atoms with Crippen LogP contribution in [-0.2, 0) is 7.05 Å². The third-order valence-corrected chi connectivity index (χ3v) is 5.55. The lowest BCUT2D eigenvalue weighted by atomic mass is 9.88. The van der Waals surface area contributed by atoms with Crippen LogP contribution in [0, 0.1) is 42.2 Å². The van der Waals surface area contributed by atoms with E-state index in [4.69, 9.17) is 5.73 Å². The monoisotopic (exact) mass is 470 g/mol. The van der Waals surface area contributed by atoms with Crippen LogP contribution in [0.25, 0.3) is 11.0 Å². The van der Waals surface area contributed by atoms with Crippen molar-refractivity contribution in [2.75, 3.05) is 0 Å². The fourth-order valence-corrected chi connectivity index (χ4v) is 3.95. The largest absolute Gasteiger partial charge is 0.366 e. The Labute approximate surface area is 199 Å². The van der Waals surface area contributed by atoms with E-state index in [1.54, 1.807) is 31.6 Å². The second-order valence-electron chi connectivity index (χ2n) is 8.01. The summed E-state index contributed by atoms with van der Waals surface area (Å²) in [6.45, 7) is 1.81. The number of nitrogens with zero attached hydrogens (tertiary/aromatic N) is 2. The molecule has 0 aliphatic rings. The number of amides is 1. The van der Waals surface area contributed by atoms with Gasteiger partial charge in [-0.05, 0) is 60.2 Å². The molecule has 0 aliphatic heterocycles. The Balaban J connectivity index is 1.74. The molecule has 4 aromatic rings. The zero-order chi connectivity index (χ0) is 25.1. The molecule has 8 heteroatoms. The Hall–Kier alpha value is -4.69. The van der Waals surface area contributed by atoms with Gasteiger partial charge < -0.3 is 15.3 Å². The predicted octanol–water partition coefficient (Wildman–Crippen LogP) is 3.52. The van der Waals surface area contributed by atoms with Crippen LogP contribution in [0.15, 0.2) is 53.7 Å². The average molecular weight is 470 g/mol. The number of halogens is 2. The summed E-state index contributed by atoms with van der Waals surface area (Å²) in [7, 11) is 1.60. The zero-order valence-corrected chi connectivity index (χ0v) is 18.9. The summed E-state index contributed by atoms with van der Waals surface area (Å²) in [5.74, 6) is 8.35. The number of pyridine rings is 2. The van der Waals surface area contributed by atoms with Crippen molar-refractivity contribution in [1.82, 2.24) is 14.5 Å². The molecule has 1 amide bonds. The first-order chi connectivity index (χ1) is 16.8. The number of aromatic nitrogens is 3. The Morgan fingerprint density at radius 2 is 2.00 bits per heavy atom. The number of fused-ring (bicyclic) bond motifs is 1. The Kier molecular flexibility index (Phi) is 6.48. The topological polar surface area (TPSA) is 93.8 Å². The summed E-state index contributed by atoms with van der Waals surface area (Å²) < 4.78 is 30.0. The summed E-state index contributed by atoms with van der Waals surface area (Å²) in [6, 6.07) is 6.51. The summed E-state index contributed by atoms with van der Waals surface area (Å²) in [5.41, 5.74) is 7.35. The number of rotatable bonds is 4. The Morgan fingerprint density at radius 3 is 2.77 bits per heavy atom. The molecule has 4 rings (SSSR count). The number of nitrogens with two attached hydrogens (primary N) is 1. The van der Waals surface area contributed by atoms with Gasteiger partial charge in [0.1, 0.15) is 17.3 Å². The maximum atomic E-state index is 14.7. The summed E-state index contributed by atoms with van der Waals surface area (Å²) >= 11 is 0. The summed E-state index contributed by atoms with van der Waals surface area (Å²) in [4.78, 5) is 31.7. The number of aryl methyl sites for hydroxylation is 2. The van der Waals surface area contributed by atoms with Gasteiger partial charge in [-0.1, -0.05) is 11.8 Å². The van der Waals surface area contributed by atoms with Gasteiger partial charge in [0.25, 0.3) is 11.5 Å². The molecule has 1 atom stereocenters. The van der Waals surface area contributed by atoms with Gasteiger partial charge in [-0.15, -0.1) is 0 Å². The number of hydrogen-bond donors (Lipinski definition) is 2. The number of nitrogens with one attached hydrogen (secondary N) is 1. The molecule has 0 radical (unpaired) electrons. The van der Waals surface area contributed by atoms with Gasteiger partial charge >= 0.3 is 0 Å². The van der Waals surface area contributed by atoms with Gasteiger partial charge in [-0.2, -0.15) is 0 Å². The molecule has 0 saturated heterocycles. The van der Waals surface area contributed by atoms with Crippen LogP contribution in [0.2, 0.25) is 0 Å². The molecule has 1 unspecified atom stereocenters. The number of carbonyl (C=O) groups excluding carboxylic acids is 1. The number of carbonyl (C=O) groups is 1. The molecule has 6 nitrogen and oxygen atoms in total. The van der Waals surface area contributed by atoms with Crippen LogP contribution in [0.3, 0.4) is 0 Å². The van der Waals surface area contributed by atoms with Crippen molar-refractivity contribution in [1.29, 1.82) is 0 Å². The van der Waals surface area contributed by atoms with E-state index in [0.717, 1.165) is 23.8 Å². The predicted molar refractivity (Wildman–Crippen MR) is 129 cm³/mol. The van der Waals surface area contributed by atoms with Crippen molar-refractivity contribution in [3.63, 3.8) is 0 Å². The Morgan fingerprint density at radius 1 is 1.20 bits per heavy atom. The molecule has 0 aliphatic carbocycles. The van der Waals surface area contributed by atoms with Gasteiger partial charge in [0.05, 0.1) is 11.1 Å². The maximum Gasteiger partial charge on any atom is 0.254 e. The van der Waals surface area contributed by atoms with Crippen molar-refractivity contribution in [3.8, 4) is 23.7 Å². The molecule has 0 bridgehead atoms. The average Bonchev–Trinajstić information content (AvgIpc) is 3.30. The van der Waals surface area contributed by atoms with Crippen LogP contribution < -0.4 is 11.3 Å². The molecule has 174 valence electrons. The first-order valence-corrected chi connectivity index (χ1v) is 10.6. The van der Waals surface area contributed by atoms with Crippen LogP contribution in [-0.4, -0.2) is 20.4 Å². The fourth-order valence-electron chi connectivity index (χ4n) is 3.95. The van der Waals surface area contributed by atoms with E-state index in [1.165, 1.54) is 10.8 Å². The zero-order valence-electron chi connectivity index (χ0n) is 18.9. The quantitative estimate of drug-likeness (QED) is 0.447. The number of aromatic amines is 1. The third kappa shape index (κ3) is 4.83. The summed E-state index contributed by atoms with van der Waals surface area (Å²) in [6.07, 6.45) is 4.69. The van der Waals surface area contributed by atoms with E-state index < -0.39 is 23.5 Å². The second-order valence-corrected chi connectivity index (χ2v) is 8.01. The van der Waals surface area contributed by atoms with Crippen molar-refractivity contribution >= 4 is 16.9 Å². The third-order valence-electron chi connectivity index (χ3n) is 5.55. The van der Waals surface area contributed by atoms with Crippen molar-refractivity contribution in [3.05, 3.63) is 98.7 Å². The molecular weight excluding hydrogens is 450 g/mol. The van der Waals surface area contributed by atoms with E-state index in [1.807, 2.05) is 6.92 Å². The molecule has 0 fully saturated rings. The number of H-pyrrole nitrogens is 1. The minimum atomic E-state index is -0.808. The maximum absolute atomic E-state index is 14.7. The molecule has 0 spiro atoms. The molecule has 3 heterocycles. The van der Waals surface area contributed by atoms with Gasteiger partial charge in [-0.3, -0.25) is 9.59 Å². The molecule has 35 heavy (non-hydrogen) atoms. The lowest BCUT2D eigenvalue weighted by molar-refractivity contribution is 0.1000. The van der Waals surface area contributed by atoms with Crippen molar-refractivity contribution in [2.45, 2.75) is 19.3 Å². The molecular formula is C27H20F2N4O2. The lowest BCUT2D eigenvalue weighted by Gasteiger charge is -2.17. The van der Waals surface area contributed by atoms with Crippen LogP contribution in [0.1, 0.15) is 45.0 Å². The fraction of sp³-hybridized carbons (Fsp3) is 0.148. The highest BCUT2D eigenvalue weighted by atomic mass is 19.1. The van der Waals surface area contributed by atoms with Crippen LogP contribution in [0.4, 0.5) is 8.78 Å². The normalized spacial score (nSPS) is 11.3. The number of primary amides is 1. The van der Waals surface area contributed by atoms with Crippen LogP contribution in [0.5, 0.6) is 0 Å². The molecule has 1 aromatic carbocycles. The van der Waals surface area contributed by atoms with Crippen molar-refractivity contribution in [2.24, 2.45) is 12.8 Å². The molecule has 0 saturated carbocycles. The van der Waals surface area contributed by atoms with Gasteiger partial charge in [0.2, 0.25) is 0 Å². The lowest BCUT2D eigenvalue weighted by Crippen LogP contribution is -2.24. The summed E-state index contributed by atoms with van der Waals surface area (Å²) in [5, 5.41) is 0.624. The molecule has 3 aromatic heterocycles. The van der Waals surface area contributed by atoms with E-state index in [2.05, 4.69) is 33.6 Å². The van der Waals surface area contributed by atoms with E-state index in [9.17, 15) is 18.4 Å². The minimum Gasteiger partial charge on any atom is -0.366 e. The highest BCUT2D eigenvalue weighted by molar-refractivity contribution is 6.00. The first kappa shape index (κ1) is 23.5. The van der Waals surface area contributed by atoms with E-state index >= 15 is 0 Å². The van der Waals surface area contributed by atoms with Gasteiger partial charge in [0.15, 0.2) is 0 Å². The second kappa shape index (κ2) is 9.66. The standard InChI is InChI=1S/C27H20F2N4O2/c1-16-12-22(27(35)33(2)15-16)19(21-13-17(28)8-9-24(21)29)7-5-3-4-6-18-20-10-11-31-26(20)32-14-23(18)25(30)34/h8-15,19H,7H2,1-2H3,(H2,30,34)(H,31,32). The SMILES string of the molecule is Cc1cc(C(CC#CC#Cc2c(C(N)=O)cnc3[nH]ccc23)c2cc(F)ccc2F)c(=O)n(C)c1. The van der Waals surface area contributed by atoms with Gasteiger partial charge in [-0.25, -0.2) is 13.8 Å². The highest BCUT2D eigenvalue weighted by Crippen LogP contribution is 2.29. The minimum absolute atomic E-state index is 0.0202. The van der Waals surface area contributed by atoms with Gasteiger partial charge in [0, 0.05) is 48.9 Å². The molecule has 3 N–H and O–H groups in total. The van der Waals surface area contributed by atoms with E-state index in [-0.39, 0.29) is 23.1 Å². The number of benzene rings is 1. The van der Waals surface area contributed by atoms with E-state index in [0.29, 0.717) is 22.2 Å². The first-order valence-electron chi connectivity index (χ1n) is 10.6. The van der Waals surface area contributed by atoms with Crippen molar-refractivity contribution < 1.29 is 13.6 Å². The highest BCUT2D eigenvalue weighted by Gasteiger charge is 2.22. The van der Waals surface area contributed by atoms with Crippen LogP contribution >= 0.6 is 0 Å². The number of hydrogen-bond acceptors (Lipinski definition) is 3. The smallest absolute Gasteiger partial charge is 0.254 e. The Bertz CT molecular complexity index is 1650.